The van der Waals surface area contributed by atoms with Gasteiger partial charge in [-0.2, -0.15) is 0 Å². The Balaban J connectivity index is 2.39. The lowest BCUT2D eigenvalue weighted by molar-refractivity contribution is 0.0172. The Kier molecular flexibility index (Phi) is 3.19. The quantitative estimate of drug-likeness (QED) is 0.880. The van der Waals surface area contributed by atoms with Crippen LogP contribution in [-0.2, 0) is 12.3 Å². The summed E-state index contributed by atoms with van der Waals surface area (Å²) in [6.45, 7) is 1.68. The molecule has 0 unspecified atom stereocenters. The van der Waals surface area contributed by atoms with Gasteiger partial charge in [-0.3, -0.25) is 0 Å². The van der Waals surface area contributed by atoms with E-state index in [1.807, 2.05) is 7.05 Å². The van der Waals surface area contributed by atoms with Gasteiger partial charge in [0.05, 0.1) is 0 Å². The lowest BCUT2D eigenvalue weighted by Gasteiger charge is -2.14. The number of likely N-dealkylation sites (N-methyl/N-ethyl adjacent to an activating group) is 1. The zero-order chi connectivity index (χ0) is 12.5. The number of halogens is 2. The number of nitrogens with one attached hydrogen (secondary N) is 1. The van der Waals surface area contributed by atoms with Gasteiger partial charge in [-0.15, -0.1) is 0 Å². The van der Waals surface area contributed by atoms with Gasteiger partial charge in [-0.25, -0.2) is 8.78 Å². The summed E-state index contributed by atoms with van der Waals surface area (Å²) < 4.78 is 37.1. The molecule has 0 bridgehead atoms. The van der Waals surface area contributed by atoms with Crippen LogP contribution >= 0.6 is 0 Å². The van der Waals surface area contributed by atoms with Crippen LogP contribution in [0.4, 0.5) is 8.78 Å². The van der Waals surface area contributed by atoms with Crippen LogP contribution in [0.5, 0.6) is 11.5 Å². The van der Waals surface area contributed by atoms with Gasteiger partial charge in [0.2, 0.25) is 6.79 Å². The van der Waals surface area contributed by atoms with E-state index in [2.05, 4.69) is 5.32 Å². The largest absolute Gasteiger partial charge is 0.454 e. The van der Waals surface area contributed by atoms with Crippen LogP contribution in [-0.4, -0.2) is 20.4 Å². The third kappa shape index (κ3) is 2.49. The van der Waals surface area contributed by atoms with Crippen molar-refractivity contribution in [3.05, 3.63) is 23.3 Å². The first kappa shape index (κ1) is 12.1. The minimum Gasteiger partial charge on any atom is -0.454 e. The zero-order valence-corrected chi connectivity index (χ0v) is 9.85. The van der Waals surface area contributed by atoms with Crippen molar-refractivity contribution in [1.29, 1.82) is 0 Å². The fourth-order valence-electron chi connectivity index (χ4n) is 1.78. The highest BCUT2D eigenvalue weighted by atomic mass is 19.3. The SMILES string of the molecule is CNCCc1cc(C(C)(F)F)cc2c1OCO2. The second kappa shape index (κ2) is 4.49. The number of hydrogen-bond donors (Lipinski definition) is 1. The first-order valence-corrected chi connectivity index (χ1v) is 5.48. The number of hydrogen-bond acceptors (Lipinski definition) is 3. The van der Waals surface area contributed by atoms with Gasteiger partial charge < -0.3 is 14.8 Å². The smallest absolute Gasteiger partial charge is 0.270 e. The van der Waals surface area contributed by atoms with Gasteiger partial charge in [-0.05, 0) is 37.7 Å². The molecule has 1 aromatic carbocycles. The molecule has 0 aliphatic carbocycles. The van der Waals surface area contributed by atoms with Crippen LogP contribution in [0, 0.1) is 0 Å². The van der Waals surface area contributed by atoms with Crippen molar-refractivity contribution in [2.75, 3.05) is 20.4 Å². The Morgan fingerprint density at radius 3 is 2.76 bits per heavy atom. The average molecular weight is 243 g/mol. The molecule has 0 spiro atoms. The van der Waals surface area contributed by atoms with E-state index in [0.29, 0.717) is 24.5 Å². The predicted molar refractivity (Wildman–Crippen MR) is 59.8 cm³/mol. The summed E-state index contributed by atoms with van der Waals surface area (Å²) in [4.78, 5) is 0. The predicted octanol–water partition coefficient (Wildman–Crippen LogP) is 2.29. The van der Waals surface area contributed by atoms with Crippen LogP contribution in [0.3, 0.4) is 0 Å². The van der Waals surface area contributed by atoms with Gasteiger partial charge in [0.25, 0.3) is 5.92 Å². The molecule has 1 aliphatic rings. The van der Waals surface area contributed by atoms with Crippen LogP contribution in [0.15, 0.2) is 12.1 Å². The second-order valence-electron chi connectivity index (χ2n) is 4.11. The molecule has 0 saturated heterocycles. The molecular weight excluding hydrogens is 228 g/mol. The lowest BCUT2D eigenvalue weighted by atomic mass is 10.0. The molecule has 1 N–H and O–H groups in total. The number of ether oxygens (including phenoxy) is 2. The van der Waals surface area contributed by atoms with E-state index in [0.717, 1.165) is 12.5 Å². The molecule has 0 aromatic heterocycles. The summed E-state index contributed by atoms with van der Waals surface area (Å²) in [6.07, 6.45) is 0.631. The Bertz CT molecular complexity index is 416. The number of rotatable bonds is 4. The standard InChI is InChI=1S/C12H15F2NO2/c1-12(13,14)9-5-8(3-4-15-2)11-10(6-9)16-7-17-11/h5-6,15H,3-4,7H2,1-2H3. The monoisotopic (exact) mass is 243 g/mol. The van der Waals surface area contributed by atoms with Crippen molar-refractivity contribution >= 4 is 0 Å². The van der Waals surface area contributed by atoms with Crippen molar-refractivity contribution in [1.82, 2.24) is 5.32 Å². The Hall–Kier alpha value is -1.36. The van der Waals surface area contributed by atoms with Crippen LogP contribution in [0.25, 0.3) is 0 Å². The summed E-state index contributed by atoms with van der Waals surface area (Å²) in [7, 11) is 1.82. The van der Waals surface area contributed by atoms with Gasteiger partial charge in [0, 0.05) is 12.5 Å². The molecule has 0 radical (unpaired) electrons. The van der Waals surface area contributed by atoms with E-state index >= 15 is 0 Å². The number of alkyl halides is 2. The van der Waals surface area contributed by atoms with Gasteiger partial charge >= 0.3 is 0 Å². The highest BCUT2D eigenvalue weighted by Gasteiger charge is 2.29. The second-order valence-corrected chi connectivity index (χ2v) is 4.11. The Labute approximate surface area is 98.7 Å². The zero-order valence-electron chi connectivity index (χ0n) is 9.85. The summed E-state index contributed by atoms with van der Waals surface area (Å²) in [5.74, 6) is -1.86. The van der Waals surface area contributed by atoms with Gasteiger partial charge in [0.1, 0.15) is 0 Å². The lowest BCUT2D eigenvalue weighted by Crippen LogP contribution is -2.12. The molecule has 0 atom stereocenters. The normalized spacial score (nSPS) is 14.1. The highest BCUT2D eigenvalue weighted by Crippen LogP contribution is 2.41. The first-order valence-electron chi connectivity index (χ1n) is 5.48. The van der Waals surface area contributed by atoms with Crippen molar-refractivity contribution in [3.8, 4) is 11.5 Å². The fourth-order valence-corrected chi connectivity index (χ4v) is 1.78. The van der Waals surface area contributed by atoms with Crippen molar-refractivity contribution in [3.63, 3.8) is 0 Å². The third-order valence-corrected chi connectivity index (χ3v) is 2.70. The van der Waals surface area contributed by atoms with Crippen molar-refractivity contribution in [2.24, 2.45) is 0 Å². The third-order valence-electron chi connectivity index (χ3n) is 2.70. The van der Waals surface area contributed by atoms with E-state index in [1.165, 1.54) is 12.1 Å². The molecule has 3 nitrogen and oxygen atoms in total. The van der Waals surface area contributed by atoms with Crippen molar-refractivity contribution in [2.45, 2.75) is 19.3 Å². The van der Waals surface area contributed by atoms with E-state index < -0.39 is 5.92 Å². The first-order chi connectivity index (χ1) is 8.02. The molecule has 1 aromatic rings. The highest BCUT2D eigenvalue weighted by molar-refractivity contribution is 5.51. The molecule has 0 fully saturated rings. The minimum atomic E-state index is -2.87. The maximum Gasteiger partial charge on any atom is 0.270 e. The molecule has 5 heteroatoms. The van der Waals surface area contributed by atoms with Crippen molar-refractivity contribution < 1.29 is 18.3 Å². The fraction of sp³-hybridized carbons (Fsp3) is 0.500. The van der Waals surface area contributed by atoms with E-state index in [4.69, 9.17) is 9.47 Å². The number of benzene rings is 1. The van der Waals surface area contributed by atoms with E-state index in [-0.39, 0.29) is 12.4 Å². The molecule has 0 saturated carbocycles. The maximum atomic E-state index is 13.3. The minimum absolute atomic E-state index is 0.0344. The summed E-state index contributed by atoms with van der Waals surface area (Å²) >= 11 is 0. The van der Waals surface area contributed by atoms with E-state index in [1.54, 1.807) is 0 Å². The molecular formula is C12H15F2NO2. The topological polar surface area (TPSA) is 30.5 Å². The Morgan fingerprint density at radius 2 is 2.12 bits per heavy atom. The molecule has 17 heavy (non-hydrogen) atoms. The summed E-state index contributed by atoms with van der Waals surface area (Å²) in [6, 6.07) is 2.84. The molecule has 0 amide bonds. The van der Waals surface area contributed by atoms with Crippen LogP contribution in [0.1, 0.15) is 18.1 Å². The van der Waals surface area contributed by atoms with Gasteiger partial charge in [-0.1, -0.05) is 0 Å². The molecule has 1 heterocycles. The van der Waals surface area contributed by atoms with E-state index in [9.17, 15) is 8.78 Å². The molecule has 2 rings (SSSR count). The summed E-state index contributed by atoms with van der Waals surface area (Å²) in [5.41, 5.74) is 0.721. The molecule has 1 aliphatic heterocycles. The van der Waals surface area contributed by atoms with Gasteiger partial charge in [0.15, 0.2) is 11.5 Å². The van der Waals surface area contributed by atoms with Crippen LogP contribution < -0.4 is 14.8 Å². The van der Waals surface area contributed by atoms with Crippen LogP contribution in [0.2, 0.25) is 0 Å². The number of fused-ring (bicyclic) bond motifs is 1. The summed E-state index contributed by atoms with van der Waals surface area (Å²) in [5, 5.41) is 2.98. The Morgan fingerprint density at radius 1 is 1.35 bits per heavy atom. The average Bonchev–Trinajstić information content (AvgIpc) is 2.72. The maximum absolute atomic E-state index is 13.3. The molecule has 94 valence electrons.